The number of rotatable bonds is 5. The number of anilines is 1. The van der Waals surface area contributed by atoms with Gasteiger partial charge in [-0.1, -0.05) is 18.2 Å². The summed E-state index contributed by atoms with van der Waals surface area (Å²) in [6.07, 6.45) is 0.888. The number of para-hydroxylation sites is 1. The van der Waals surface area contributed by atoms with Crippen molar-refractivity contribution in [2.24, 2.45) is 0 Å². The van der Waals surface area contributed by atoms with E-state index in [1.807, 2.05) is 49.3 Å². The number of H-pyrrole nitrogens is 1. The summed E-state index contributed by atoms with van der Waals surface area (Å²) in [6, 6.07) is 9.79. The fourth-order valence-corrected chi connectivity index (χ4v) is 2.79. The number of likely N-dealkylation sites (N-methyl/N-ethyl adjacent to an activating group) is 1. The van der Waals surface area contributed by atoms with Crippen molar-refractivity contribution in [1.29, 1.82) is 0 Å². The second-order valence-corrected chi connectivity index (χ2v) is 6.05. The molecule has 0 saturated carbocycles. The normalized spacial score (nSPS) is 12.8. The lowest BCUT2D eigenvalue weighted by Gasteiger charge is -2.24. The van der Waals surface area contributed by atoms with Gasteiger partial charge in [0.1, 0.15) is 0 Å². The highest BCUT2D eigenvalue weighted by Gasteiger charge is 2.26. The SMILES string of the molecule is CN(C)CCN(C(=O)c1n[nH]c2c1CNCC2)c1ccccc1.Cl.Cl. The van der Waals surface area contributed by atoms with E-state index in [2.05, 4.69) is 20.4 Å². The Bertz CT molecular complexity index is 675. The number of carbonyl (C=O) groups excluding carboxylic acids is 1. The summed E-state index contributed by atoms with van der Waals surface area (Å²) in [4.78, 5) is 17.0. The molecule has 1 aromatic carbocycles. The van der Waals surface area contributed by atoms with Crippen LogP contribution in [0.15, 0.2) is 30.3 Å². The van der Waals surface area contributed by atoms with Crippen molar-refractivity contribution in [3.05, 3.63) is 47.3 Å². The van der Waals surface area contributed by atoms with Crippen LogP contribution in [0.25, 0.3) is 0 Å². The molecule has 25 heavy (non-hydrogen) atoms. The maximum atomic E-state index is 13.1. The molecule has 0 fully saturated rings. The maximum Gasteiger partial charge on any atom is 0.279 e. The van der Waals surface area contributed by atoms with Gasteiger partial charge in [-0.05, 0) is 26.2 Å². The molecular formula is C17H25Cl2N5O. The topological polar surface area (TPSA) is 64.3 Å². The Hall–Kier alpha value is -1.60. The Labute approximate surface area is 160 Å². The molecular weight excluding hydrogens is 361 g/mol. The van der Waals surface area contributed by atoms with Crippen LogP contribution in [-0.2, 0) is 13.0 Å². The molecule has 1 aliphatic rings. The fraction of sp³-hybridized carbons (Fsp3) is 0.412. The van der Waals surface area contributed by atoms with Crippen LogP contribution in [0.1, 0.15) is 21.7 Å². The Balaban J connectivity index is 0.00000156. The summed E-state index contributed by atoms with van der Waals surface area (Å²) in [6.45, 7) is 3.05. The molecule has 2 N–H and O–H groups in total. The number of nitrogens with one attached hydrogen (secondary N) is 2. The fourth-order valence-electron chi connectivity index (χ4n) is 2.79. The summed E-state index contributed by atoms with van der Waals surface area (Å²) >= 11 is 0. The van der Waals surface area contributed by atoms with Crippen LogP contribution in [0.3, 0.4) is 0 Å². The predicted molar refractivity (Wildman–Crippen MR) is 105 cm³/mol. The van der Waals surface area contributed by atoms with Gasteiger partial charge >= 0.3 is 0 Å². The van der Waals surface area contributed by atoms with Crippen LogP contribution in [-0.4, -0.2) is 54.7 Å². The molecule has 0 bridgehead atoms. The van der Waals surface area contributed by atoms with Gasteiger partial charge in [-0.25, -0.2) is 0 Å². The van der Waals surface area contributed by atoms with E-state index in [0.29, 0.717) is 18.8 Å². The first-order valence-electron chi connectivity index (χ1n) is 7.95. The molecule has 1 aromatic heterocycles. The number of halogens is 2. The highest BCUT2D eigenvalue weighted by atomic mass is 35.5. The van der Waals surface area contributed by atoms with Gasteiger partial charge < -0.3 is 15.1 Å². The molecule has 0 aliphatic carbocycles. The first kappa shape index (κ1) is 21.4. The van der Waals surface area contributed by atoms with E-state index in [-0.39, 0.29) is 30.7 Å². The number of benzene rings is 1. The third kappa shape index (κ3) is 4.95. The van der Waals surface area contributed by atoms with E-state index < -0.39 is 0 Å². The van der Waals surface area contributed by atoms with Gasteiger partial charge in [-0.2, -0.15) is 5.10 Å². The van der Waals surface area contributed by atoms with Gasteiger partial charge in [-0.15, -0.1) is 24.8 Å². The zero-order valence-electron chi connectivity index (χ0n) is 14.5. The van der Waals surface area contributed by atoms with E-state index in [4.69, 9.17) is 0 Å². The van der Waals surface area contributed by atoms with Gasteiger partial charge in [0.25, 0.3) is 5.91 Å². The second kappa shape index (κ2) is 9.77. The van der Waals surface area contributed by atoms with Crippen LogP contribution in [0.4, 0.5) is 5.69 Å². The van der Waals surface area contributed by atoms with Gasteiger partial charge in [0.2, 0.25) is 0 Å². The number of fused-ring (bicyclic) bond motifs is 1. The lowest BCUT2D eigenvalue weighted by Crippen LogP contribution is -2.38. The summed E-state index contributed by atoms with van der Waals surface area (Å²) in [5, 5.41) is 10.6. The van der Waals surface area contributed by atoms with E-state index in [1.54, 1.807) is 0 Å². The van der Waals surface area contributed by atoms with E-state index in [9.17, 15) is 4.79 Å². The third-order valence-corrected chi connectivity index (χ3v) is 4.09. The summed E-state index contributed by atoms with van der Waals surface area (Å²) in [5.41, 5.74) is 3.52. The van der Waals surface area contributed by atoms with Crippen molar-refractivity contribution in [3.8, 4) is 0 Å². The third-order valence-electron chi connectivity index (χ3n) is 4.09. The van der Waals surface area contributed by atoms with Gasteiger partial charge in [-0.3, -0.25) is 9.89 Å². The average Bonchev–Trinajstić information content (AvgIpc) is 2.99. The molecule has 2 heterocycles. The molecule has 0 saturated heterocycles. The molecule has 0 atom stereocenters. The van der Waals surface area contributed by atoms with Crippen molar-refractivity contribution in [1.82, 2.24) is 20.4 Å². The summed E-state index contributed by atoms with van der Waals surface area (Å²) in [5.74, 6) is -0.0424. The molecule has 6 nitrogen and oxygen atoms in total. The van der Waals surface area contributed by atoms with Gasteiger partial charge in [0.15, 0.2) is 5.69 Å². The number of hydrogen-bond donors (Lipinski definition) is 2. The zero-order chi connectivity index (χ0) is 16.2. The quantitative estimate of drug-likeness (QED) is 0.826. The Kier molecular flexibility index (Phi) is 8.38. The van der Waals surface area contributed by atoms with Crippen molar-refractivity contribution < 1.29 is 4.79 Å². The lowest BCUT2D eigenvalue weighted by atomic mass is 10.1. The largest absolute Gasteiger partial charge is 0.312 e. The lowest BCUT2D eigenvalue weighted by molar-refractivity contribution is 0.0979. The molecule has 2 aromatic rings. The molecule has 8 heteroatoms. The number of nitrogens with zero attached hydrogens (tertiary/aromatic N) is 3. The number of carbonyl (C=O) groups is 1. The highest BCUT2D eigenvalue weighted by molar-refractivity contribution is 6.05. The number of hydrogen-bond acceptors (Lipinski definition) is 4. The van der Waals surface area contributed by atoms with Crippen LogP contribution >= 0.6 is 24.8 Å². The second-order valence-electron chi connectivity index (χ2n) is 6.05. The molecule has 1 aliphatic heterocycles. The minimum atomic E-state index is -0.0424. The number of aromatic nitrogens is 2. The minimum absolute atomic E-state index is 0. The van der Waals surface area contributed by atoms with Crippen molar-refractivity contribution >= 4 is 36.4 Å². The Morgan fingerprint density at radius 1 is 1.16 bits per heavy atom. The highest BCUT2D eigenvalue weighted by Crippen LogP contribution is 2.21. The standard InChI is InChI=1S/C17H23N5O.2ClH/c1-21(2)10-11-22(13-6-4-3-5-7-13)17(23)16-14-12-18-9-8-15(14)19-20-16;;/h3-7,18H,8-12H2,1-2H3,(H,19,20);2*1H. The van der Waals surface area contributed by atoms with Crippen LogP contribution in [0.5, 0.6) is 0 Å². The Morgan fingerprint density at radius 3 is 2.56 bits per heavy atom. The first-order chi connectivity index (χ1) is 11.2. The van der Waals surface area contributed by atoms with E-state index >= 15 is 0 Å². The Morgan fingerprint density at radius 2 is 1.88 bits per heavy atom. The number of aromatic amines is 1. The number of amides is 1. The predicted octanol–water partition coefficient (Wildman–Crippen LogP) is 2.11. The first-order valence-corrected chi connectivity index (χ1v) is 7.95. The summed E-state index contributed by atoms with van der Waals surface area (Å²) in [7, 11) is 4.02. The van der Waals surface area contributed by atoms with Crippen LogP contribution < -0.4 is 10.2 Å². The van der Waals surface area contributed by atoms with Gasteiger partial charge in [0.05, 0.1) is 0 Å². The van der Waals surface area contributed by atoms with Crippen LogP contribution in [0.2, 0.25) is 0 Å². The minimum Gasteiger partial charge on any atom is -0.312 e. The molecule has 0 spiro atoms. The van der Waals surface area contributed by atoms with Crippen molar-refractivity contribution in [2.75, 3.05) is 38.6 Å². The zero-order valence-corrected chi connectivity index (χ0v) is 16.1. The summed E-state index contributed by atoms with van der Waals surface area (Å²) < 4.78 is 0. The van der Waals surface area contributed by atoms with Crippen molar-refractivity contribution in [3.63, 3.8) is 0 Å². The van der Waals surface area contributed by atoms with Gasteiger partial charge in [0, 0.05) is 49.5 Å². The average molecular weight is 386 g/mol. The smallest absolute Gasteiger partial charge is 0.279 e. The monoisotopic (exact) mass is 385 g/mol. The van der Waals surface area contributed by atoms with Crippen LogP contribution in [0, 0.1) is 0 Å². The maximum absolute atomic E-state index is 13.1. The van der Waals surface area contributed by atoms with E-state index in [0.717, 1.165) is 36.5 Å². The molecule has 3 rings (SSSR count). The van der Waals surface area contributed by atoms with E-state index in [1.165, 1.54) is 0 Å². The van der Waals surface area contributed by atoms with Crippen molar-refractivity contribution in [2.45, 2.75) is 13.0 Å². The molecule has 0 unspecified atom stereocenters. The molecule has 0 radical (unpaired) electrons. The molecule has 138 valence electrons. The molecule has 1 amide bonds.